The molecule has 4 nitrogen and oxygen atoms in total. The zero-order valence-electron chi connectivity index (χ0n) is 13.7. The van der Waals surface area contributed by atoms with Gasteiger partial charge in [-0.3, -0.25) is 0 Å². The quantitative estimate of drug-likeness (QED) is 0.688. The highest BCUT2D eigenvalue weighted by molar-refractivity contribution is 6.30. The lowest BCUT2D eigenvalue weighted by molar-refractivity contribution is -0.140. The fraction of sp³-hybridized carbons (Fsp3) is 0.294. The number of hydrogen-bond donors (Lipinski definition) is 1. The molecule has 0 radical (unpaired) electrons. The first-order chi connectivity index (χ1) is 11.8. The first-order valence-electron chi connectivity index (χ1n) is 7.78. The number of rotatable bonds is 4. The van der Waals surface area contributed by atoms with E-state index in [-0.39, 0.29) is 11.2 Å². The van der Waals surface area contributed by atoms with Crippen LogP contribution in [0.1, 0.15) is 24.7 Å². The van der Waals surface area contributed by atoms with E-state index in [0.29, 0.717) is 28.6 Å². The average Bonchev–Trinajstić information content (AvgIpc) is 2.93. The van der Waals surface area contributed by atoms with Gasteiger partial charge >= 0.3 is 6.18 Å². The summed E-state index contributed by atoms with van der Waals surface area (Å²) in [6.45, 7) is 4.33. The van der Waals surface area contributed by atoms with Crippen molar-refractivity contribution >= 4 is 23.1 Å². The molecule has 0 atom stereocenters. The Bertz CT molecular complexity index is 901. The van der Waals surface area contributed by atoms with Crippen LogP contribution in [-0.4, -0.2) is 21.1 Å². The summed E-state index contributed by atoms with van der Waals surface area (Å²) in [5, 5.41) is 7.36. The Morgan fingerprint density at radius 2 is 1.88 bits per heavy atom. The number of nitrogens with zero attached hydrogens (tertiary/aromatic N) is 3. The summed E-state index contributed by atoms with van der Waals surface area (Å²) in [6.07, 6.45) is -3.76. The standard InChI is InChI=1S/C17H16ClF3N4/c1-3-8-22-13-9-10(2)23-16-14(11-4-6-12(18)7-5-11)15(17(19,20)21)24-25(13)16/h4-7,9,22H,3,8H2,1-2H3. The zero-order chi connectivity index (χ0) is 18.2. The number of nitrogens with one attached hydrogen (secondary N) is 1. The van der Waals surface area contributed by atoms with Gasteiger partial charge in [0.05, 0.1) is 5.56 Å². The van der Waals surface area contributed by atoms with E-state index in [2.05, 4.69) is 15.4 Å². The van der Waals surface area contributed by atoms with E-state index in [4.69, 9.17) is 11.6 Å². The van der Waals surface area contributed by atoms with Crippen LogP contribution in [0.2, 0.25) is 5.02 Å². The van der Waals surface area contributed by atoms with E-state index < -0.39 is 11.9 Å². The second-order valence-electron chi connectivity index (χ2n) is 5.67. The number of anilines is 1. The third-order valence-corrected chi connectivity index (χ3v) is 3.93. The van der Waals surface area contributed by atoms with Gasteiger partial charge in [-0.1, -0.05) is 30.7 Å². The number of alkyl halides is 3. The largest absolute Gasteiger partial charge is 0.435 e. The summed E-state index contributed by atoms with van der Waals surface area (Å²) in [5.41, 5.74) is 0.120. The normalized spacial score (nSPS) is 11.9. The lowest BCUT2D eigenvalue weighted by Crippen LogP contribution is -2.09. The van der Waals surface area contributed by atoms with Crippen molar-refractivity contribution in [2.75, 3.05) is 11.9 Å². The van der Waals surface area contributed by atoms with Crippen molar-refractivity contribution in [3.63, 3.8) is 0 Å². The van der Waals surface area contributed by atoms with Crippen molar-refractivity contribution in [3.8, 4) is 11.1 Å². The fourth-order valence-corrected chi connectivity index (χ4v) is 2.72. The van der Waals surface area contributed by atoms with Crippen LogP contribution in [0, 0.1) is 6.92 Å². The minimum absolute atomic E-state index is 0.0487. The Morgan fingerprint density at radius 1 is 1.20 bits per heavy atom. The SMILES string of the molecule is CCCNc1cc(C)nc2c(-c3ccc(Cl)cc3)c(C(F)(F)F)nn12. The van der Waals surface area contributed by atoms with Gasteiger partial charge < -0.3 is 5.32 Å². The summed E-state index contributed by atoms with van der Waals surface area (Å²) >= 11 is 5.86. The van der Waals surface area contributed by atoms with Crippen LogP contribution in [0.5, 0.6) is 0 Å². The number of aryl methyl sites for hydroxylation is 1. The van der Waals surface area contributed by atoms with Crippen LogP contribution >= 0.6 is 11.6 Å². The molecule has 0 saturated carbocycles. The highest BCUT2D eigenvalue weighted by atomic mass is 35.5. The molecule has 0 unspecified atom stereocenters. The lowest BCUT2D eigenvalue weighted by Gasteiger charge is -2.08. The molecule has 1 N–H and O–H groups in total. The molecule has 0 amide bonds. The molecule has 2 heterocycles. The van der Waals surface area contributed by atoms with Gasteiger partial charge in [-0.05, 0) is 31.0 Å². The van der Waals surface area contributed by atoms with E-state index in [0.717, 1.165) is 6.42 Å². The van der Waals surface area contributed by atoms with Crippen LogP contribution in [0.3, 0.4) is 0 Å². The van der Waals surface area contributed by atoms with Crippen molar-refractivity contribution in [2.24, 2.45) is 0 Å². The molecule has 0 aliphatic carbocycles. The Hall–Kier alpha value is -2.28. The van der Waals surface area contributed by atoms with Gasteiger partial charge in [0.25, 0.3) is 0 Å². The third-order valence-electron chi connectivity index (χ3n) is 3.67. The van der Waals surface area contributed by atoms with E-state index in [1.165, 1.54) is 16.6 Å². The van der Waals surface area contributed by atoms with E-state index >= 15 is 0 Å². The van der Waals surface area contributed by atoms with E-state index in [1.54, 1.807) is 25.1 Å². The predicted octanol–water partition coefficient (Wildman–Crippen LogP) is 5.20. The molecule has 0 saturated heterocycles. The van der Waals surface area contributed by atoms with Gasteiger partial charge in [0, 0.05) is 23.3 Å². The Morgan fingerprint density at radius 3 is 2.48 bits per heavy atom. The maximum atomic E-state index is 13.6. The smallest absolute Gasteiger partial charge is 0.370 e. The molecule has 132 valence electrons. The van der Waals surface area contributed by atoms with Crippen LogP contribution in [0.4, 0.5) is 19.0 Å². The average molecular weight is 369 g/mol. The summed E-state index contributed by atoms with van der Waals surface area (Å²) in [5.74, 6) is 0.482. The zero-order valence-corrected chi connectivity index (χ0v) is 14.4. The molecule has 25 heavy (non-hydrogen) atoms. The van der Waals surface area contributed by atoms with Crippen LogP contribution in [0.25, 0.3) is 16.8 Å². The molecular formula is C17H16ClF3N4. The summed E-state index contributed by atoms with van der Waals surface area (Å²) in [4.78, 5) is 4.30. The maximum Gasteiger partial charge on any atom is 0.435 e. The Balaban J connectivity index is 2.32. The number of fused-ring (bicyclic) bond motifs is 1. The molecule has 0 aliphatic heterocycles. The molecular weight excluding hydrogens is 353 g/mol. The van der Waals surface area contributed by atoms with Crippen LogP contribution in [-0.2, 0) is 6.18 Å². The van der Waals surface area contributed by atoms with Crippen molar-refractivity contribution in [3.05, 3.63) is 46.7 Å². The molecule has 0 spiro atoms. The molecule has 0 fully saturated rings. The highest BCUT2D eigenvalue weighted by Gasteiger charge is 2.39. The fourth-order valence-electron chi connectivity index (χ4n) is 2.60. The van der Waals surface area contributed by atoms with Crippen LogP contribution in [0.15, 0.2) is 30.3 Å². The lowest BCUT2D eigenvalue weighted by atomic mass is 10.1. The molecule has 8 heteroatoms. The minimum Gasteiger partial charge on any atom is -0.370 e. The molecule has 3 rings (SSSR count). The summed E-state index contributed by atoms with van der Waals surface area (Å²) < 4.78 is 42.0. The van der Waals surface area contributed by atoms with Crippen molar-refractivity contribution in [1.82, 2.24) is 14.6 Å². The first-order valence-corrected chi connectivity index (χ1v) is 8.16. The van der Waals surface area contributed by atoms with Gasteiger partial charge in [0.2, 0.25) is 0 Å². The predicted molar refractivity (Wildman–Crippen MR) is 92.0 cm³/mol. The van der Waals surface area contributed by atoms with Crippen molar-refractivity contribution < 1.29 is 13.2 Å². The number of benzene rings is 1. The molecule has 0 bridgehead atoms. The van der Waals surface area contributed by atoms with Gasteiger partial charge in [-0.2, -0.15) is 22.8 Å². The van der Waals surface area contributed by atoms with E-state index in [1.807, 2.05) is 6.92 Å². The van der Waals surface area contributed by atoms with Gasteiger partial charge in [-0.15, -0.1) is 0 Å². The molecule has 0 aliphatic rings. The Kier molecular flexibility index (Phi) is 4.60. The highest BCUT2D eigenvalue weighted by Crippen LogP contribution is 2.39. The van der Waals surface area contributed by atoms with Crippen molar-refractivity contribution in [1.29, 1.82) is 0 Å². The molecule has 3 aromatic rings. The van der Waals surface area contributed by atoms with Gasteiger partial charge in [0.15, 0.2) is 11.3 Å². The molecule has 1 aromatic carbocycles. The topological polar surface area (TPSA) is 42.2 Å². The second kappa shape index (κ2) is 6.55. The van der Waals surface area contributed by atoms with Crippen LogP contribution < -0.4 is 5.32 Å². The van der Waals surface area contributed by atoms with Gasteiger partial charge in [-0.25, -0.2) is 4.98 Å². The number of aromatic nitrogens is 3. The third kappa shape index (κ3) is 3.42. The van der Waals surface area contributed by atoms with E-state index in [9.17, 15) is 13.2 Å². The monoisotopic (exact) mass is 368 g/mol. The summed E-state index contributed by atoms with van der Waals surface area (Å²) in [7, 11) is 0. The molecule has 2 aromatic heterocycles. The van der Waals surface area contributed by atoms with Gasteiger partial charge in [0.1, 0.15) is 5.82 Å². The number of hydrogen-bond acceptors (Lipinski definition) is 3. The van der Waals surface area contributed by atoms with Crippen molar-refractivity contribution in [2.45, 2.75) is 26.4 Å². The Labute approximate surface area is 147 Å². The minimum atomic E-state index is -4.60. The summed E-state index contributed by atoms with van der Waals surface area (Å²) in [6, 6.07) is 7.86. The maximum absolute atomic E-state index is 13.6. The second-order valence-corrected chi connectivity index (χ2v) is 6.11. The number of halogens is 4. The first kappa shape index (κ1) is 17.5.